The number of unbranched alkanes of at least 4 members (excludes halogenated alkanes) is 13. The highest BCUT2D eigenvalue weighted by molar-refractivity contribution is 7.45. The predicted octanol–water partition coefficient (Wildman–Crippen LogP) is 5.13. The Morgan fingerprint density at radius 2 is 1.15 bits per heavy atom. The molecule has 0 aromatic rings. The Balaban J connectivity index is 4.17. The standard InChI is InChI=1S/C29H58NO10P/c1-30(2,3)22-24-39-41(36,37)40-25-27(38-23-18-17-21-29(34)35)26(31)19-15-13-11-9-7-5-4-6-8-10-12-14-16-20-28(32)33/h26-27,31H,4-25H2,1-3H3,(H2-,32,33,34,35,36,37)/t26-,27+/m1/s1. The number of carbonyl (C=O) groups is 2. The largest absolute Gasteiger partial charge is 0.756 e. The summed E-state index contributed by atoms with van der Waals surface area (Å²) in [5.41, 5.74) is 0. The van der Waals surface area contributed by atoms with Crippen LogP contribution in [0, 0.1) is 0 Å². The van der Waals surface area contributed by atoms with Gasteiger partial charge in [-0.2, -0.15) is 0 Å². The molecule has 3 N–H and O–H groups in total. The number of aliphatic hydroxyl groups is 1. The van der Waals surface area contributed by atoms with Crippen LogP contribution < -0.4 is 4.89 Å². The summed E-state index contributed by atoms with van der Waals surface area (Å²) in [7, 11) is 1.22. The zero-order valence-electron chi connectivity index (χ0n) is 25.8. The van der Waals surface area contributed by atoms with E-state index >= 15 is 0 Å². The Labute approximate surface area is 247 Å². The number of phosphoric ester groups is 1. The van der Waals surface area contributed by atoms with E-state index in [1.54, 1.807) is 0 Å². The number of phosphoric acid groups is 1. The molecule has 0 saturated carbocycles. The highest BCUT2D eigenvalue weighted by Gasteiger charge is 2.23. The van der Waals surface area contributed by atoms with Crippen molar-refractivity contribution in [2.45, 2.75) is 128 Å². The lowest BCUT2D eigenvalue weighted by molar-refractivity contribution is -0.870. The number of rotatable bonds is 30. The Kier molecular flexibility index (Phi) is 23.7. The minimum absolute atomic E-state index is 0.0102. The van der Waals surface area contributed by atoms with Gasteiger partial charge in [0.15, 0.2) is 0 Å². The zero-order chi connectivity index (χ0) is 31.0. The van der Waals surface area contributed by atoms with Gasteiger partial charge in [-0.05, 0) is 25.7 Å². The highest BCUT2D eigenvalue weighted by Crippen LogP contribution is 2.38. The lowest BCUT2D eigenvalue weighted by atomic mass is 10.0. The van der Waals surface area contributed by atoms with Gasteiger partial charge in [-0.3, -0.25) is 14.2 Å². The molecule has 0 rings (SSSR count). The third-order valence-corrected chi connectivity index (χ3v) is 7.81. The van der Waals surface area contributed by atoms with Gasteiger partial charge in [-0.15, -0.1) is 0 Å². The highest BCUT2D eigenvalue weighted by atomic mass is 31.2. The second kappa shape index (κ2) is 24.4. The van der Waals surface area contributed by atoms with Crippen LogP contribution in [0.3, 0.4) is 0 Å². The molecule has 0 saturated heterocycles. The van der Waals surface area contributed by atoms with E-state index in [0.29, 0.717) is 30.3 Å². The topological polar surface area (TPSA) is 163 Å². The van der Waals surface area contributed by atoms with Crippen molar-refractivity contribution in [3.05, 3.63) is 0 Å². The van der Waals surface area contributed by atoms with Crippen molar-refractivity contribution in [2.24, 2.45) is 0 Å². The Bertz CT molecular complexity index is 716. The van der Waals surface area contributed by atoms with E-state index in [4.69, 9.17) is 24.0 Å². The van der Waals surface area contributed by atoms with Gasteiger partial charge in [0, 0.05) is 19.4 Å². The number of hydrogen-bond acceptors (Lipinski definition) is 8. The number of likely N-dealkylation sites (N-methyl/N-ethyl adjacent to an activating group) is 1. The smallest absolute Gasteiger partial charge is 0.303 e. The van der Waals surface area contributed by atoms with Crippen molar-refractivity contribution in [3.63, 3.8) is 0 Å². The second-order valence-corrected chi connectivity index (χ2v) is 13.4. The van der Waals surface area contributed by atoms with Crippen LogP contribution in [0.25, 0.3) is 0 Å². The maximum atomic E-state index is 12.2. The minimum Gasteiger partial charge on any atom is -0.756 e. The number of aliphatic carboxylic acids is 2. The summed E-state index contributed by atoms with van der Waals surface area (Å²) in [6.45, 7) is 0.325. The summed E-state index contributed by atoms with van der Waals surface area (Å²) < 4.78 is 28.4. The molecule has 0 radical (unpaired) electrons. The van der Waals surface area contributed by atoms with E-state index in [1.807, 2.05) is 21.1 Å². The molecule has 1 unspecified atom stereocenters. The van der Waals surface area contributed by atoms with Gasteiger partial charge >= 0.3 is 11.9 Å². The minimum atomic E-state index is -4.54. The van der Waals surface area contributed by atoms with Gasteiger partial charge in [0.05, 0.1) is 33.9 Å². The first kappa shape index (κ1) is 39.9. The van der Waals surface area contributed by atoms with Gasteiger partial charge in [0.1, 0.15) is 19.3 Å². The third kappa shape index (κ3) is 28.8. The van der Waals surface area contributed by atoms with Crippen LogP contribution in [0.4, 0.5) is 0 Å². The maximum Gasteiger partial charge on any atom is 0.303 e. The van der Waals surface area contributed by atoms with Gasteiger partial charge < -0.3 is 38.5 Å². The number of nitrogens with zero attached hydrogens (tertiary/aromatic N) is 1. The molecule has 0 amide bonds. The second-order valence-electron chi connectivity index (χ2n) is 11.9. The van der Waals surface area contributed by atoms with Crippen molar-refractivity contribution in [1.29, 1.82) is 0 Å². The van der Waals surface area contributed by atoms with Crippen LogP contribution >= 0.6 is 7.82 Å². The predicted molar refractivity (Wildman–Crippen MR) is 157 cm³/mol. The monoisotopic (exact) mass is 611 g/mol. The molecule has 0 spiro atoms. The number of hydrogen-bond donors (Lipinski definition) is 3. The summed E-state index contributed by atoms with van der Waals surface area (Å²) in [6.07, 6.45) is 14.0. The third-order valence-electron chi connectivity index (χ3n) is 6.85. The number of ether oxygens (including phenoxy) is 1. The molecule has 3 atom stereocenters. The molecule has 11 nitrogen and oxygen atoms in total. The van der Waals surface area contributed by atoms with Gasteiger partial charge in [0.25, 0.3) is 7.82 Å². The van der Waals surface area contributed by atoms with Crippen LogP contribution in [0.15, 0.2) is 0 Å². The summed E-state index contributed by atoms with van der Waals surface area (Å²) in [4.78, 5) is 33.4. The number of carboxylic acid groups (broad SMARTS) is 2. The van der Waals surface area contributed by atoms with Gasteiger partial charge in [0.2, 0.25) is 0 Å². The lowest BCUT2D eigenvalue weighted by Gasteiger charge is -2.29. The molecule has 0 aromatic heterocycles. The van der Waals surface area contributed by atoms with Crippen molar-refractivity contribution in [1.82, 2.24) is 0 Å². The van der Waals surface area contributed by atoms with Crippen molar-refractivity contribution in [3.8, 4) is 0 Å². The van der Waals surface area contributed by atoms with Gasteiger partial charge in [-0.25, -0.2) is 0 Å². The summed E-state index contributed by atoms with van der Waals surface area (Å²) in [5, 5.41) is 28.1. The fraction of sp³-hybridized carbons (Fsp3) is 0.931. The normalized spacial score (nSPS) is 15.0. The Hall–Kier alpha value is -1.07. The number of aliphatic hydroxyl groups excluding tert-OH is 1. The summed E-state index contributed by atoms with van der Waals surface area (Å²) >= 11 is 0. The Morgan fingerprint density at radius 1 is 0.707 bits per heavy atom. The molecule has 12 heteroatoms. The zero-order valence-corrected chi connectivity index (χ0v) is 26.7. The molecular formula is C29H58NO10P. The van der Waals surface area contributed by atoms with Crippen LogP contribution in [-0.4, -0.2) is 91.5 Å². The molecule has 0 aliphatic heterocycles. The molecule has 0 heterocycles. The maximum absolute atomic E-state index is 12.2. The average Bonchev–Trinajstić information content (AvgIpc) is 2.86. The molecule has 41 heavy (non-hydrogen) atoms. The van der Waals surface area contributed by atoms with Crippen molar-refractivity contribution < 1.29 is 52.6 Å². The molecule has 0 aliphatic rings. The molecular weight excluding hydrogens is 553 g/mol. The number of quaternary nitrogens is 1. The summed E-state index contributed by atoms with van der Waals surface area (Å²) in [6, 6.07) is 0. The van der Waals surface area contributed by atoms with E-state index in [9.17, 15) is 24.2 Å². The van der Waals surface area contributed by atoms with Gasteiger partial charge in [-0.1, -0.05) is 77.0 Å². The first-order valence-electron chi connectivity index (χ1n) is 15.5. The SMILES string of the molecule is C[N+](C)(C)CCOP(=O)([O-])OC[C@H](OCCCCC(=O)O)[C@H](O)CCCCCCCCCCCCCCCC(=O)O. The number of carboxylic acids is 2. The van der Waals surface area contributed by atoms with Crippen LogP contribution in [0.1, 0.15) is 116 Å². The van der Waals surface area contributed by atoms with Crippen molar-refractivity contribution in [2.75, 3.05) is 47.5 Å². The van der Waals surface area contributed by atoms with E-state index < -0.39 is 32.0 Å². The Morgan fingerprint density at radius 3 is 1.61 bits per heavy atom. The average molecular weight is 612 g/mol. The quantitative estimate of drug-likeness (QED) is 0.0564. The first-order chi connectivity index (χ1) is 19.3. The summed E-state index contributed by atoms with van der Waals surface area (Å²) in [5.74, 6) is -1.60. The van der Waals surface area contributed by atoms with Crippen molar-refractivity contribution >= 4 is 19.8 Å². The molecule has 0 aromatic carbocycles. The molecule has 244 valence electrons. The fourth-order valence-corrected chi connectivity index (χ4v) is 4.98. The van der Waals surface area contributed by atoms with E-state index in [1.165, 1.54) is 38.5 Å². The van der Waals surface area contributed by atoms with Crippen LogP contribution in [-0.2, 0) is 27.9 Å². The van der Waals surface area contributed by atoms with E-state index in [-0.39, 0.29) is 32.7 Å². The van der Waals surface area contributed by atoms with E-state index in [0.717, 1.165) is 44.9 Å². The first-order valence-corrected chi connectivity index (χ1v) is 16.9. The lowest BCUT2D eigenvalue weighted by Crippen LogP contribution is -2.38. The molecule has 0 bridgehead atoms. The fourth-order valence-electron chi connectivity index (χ4n) is 4.27. The molecule has 0 aliphatic carbocycles. The molecule has 0 fully saturated rings. The van der Waals surface area contributed by atoms with Crippen LogP contribution in [0.5, 0.6) is 0 Å². The van der Waals surface area contributed by atoms with E-state index in [2.05, 4.69) is 0 Å². The van der Waals surface area contributed by atoms with Crippen LogP contribution in [0.2, 0.25) is 0 Å².